The summed E-state index contributed by atoms with van der Waals surface area (Å²) in [7, 11) is 0. The van der Waals surface area contributed by atoms with Crippen molar-refractivity contribution in [3.05, 3.63) is 61.8 Å². The van der Waals surface area contributed by atoms with Crippen LogP contribution in [0.3, 0.4) is 0 Å². The minimum Gasteiger partial charge on any atom is -0.451 e. The van der Waals surface area contributed by atoms with Gasteiger partial charge in [-0.05, 0) is 25.1 Å². The zero-order chi connectivity index (χ0) is 17.7. The lowest BCUT2D eigenvalue weighted by atomic mass is 10.3. The van der Waals surface area contributed by atoms with Crippen LogP contribution in [-0.4, -0.2) is 27.5 Å². The van der Waals surface area contributed by atoms with Gasteiger partial charge in [-0.15, -0.1) is 0 Å². The third-order valence-corrected chi connectivity index (χ3v) is 3.46. The van der Waals surface area contributed by atoms with Crippen molar-refractivity contribution in [2.75, 3.05) is 5.32 Å². The average molecular weight is 396 g/mol. The molecule has 0 aliphatic heterocycles. The molecule has 126 valence electrons. The number of amides is 1. The number of nitrogens with one attached hydrogen (secondary N) is 2. The van der Waals surface area contributed by atoms with Crippen LogP contribution in [0.2, 0.25) is 0 Å². The Morgan fingerprint density at radius 2 is 2.08 bits per heavy atom. The molecule has 1 aromatic carbocycles. The summed E-state index contributed by atoms with van der Waals surface area (Å²) in [4.78, 5) is 48.3. The normalized spacial score (nSPS) is 11.6. The Balaban J connectivity index is 1.94. The first-order valence-electron chi connectivity index (χ1n) is 6.91. The summed E-state index contributed by atoms with van der Waals surface area (Å²) in [5.74, 6) is -1.28. The van der Waals surface area contributed by atoms with Crippen LogP contribution in [0.25, 0.3) is 0 Å². The van der Waals surface area contributed by atoms with Crippen LogP contribution in [0.1, 0.15) is 6.92 Å². The number of H-pyrrole nitrogens is 1. The highest BCUT2D eigenvalue weighted by Crippen LogP contribution is 2.16. The van der Waals surface area contributed by atoms with Crippen LogP contribution in [-0.2, 0) is 20.9 Å². The summed E-state index contributed by atoms with van der Waals surface area (Å²) in [5, 5.41) is 2.61. The van der Waals surface area contributed by atoms with Crippen molar-refractivity contribution in [1.82, 2.24) is 9.55 Å². The Morgan fingerprint density at radius 1 is 1.33 bits per heavy atom. The number of benzene rings is 1. The molecule has 0 saturated heterocycles. The molecule has 0 bridgehead atoms. The van der Waals surface area contributed by atoms with E-state index in [4.69, 9.17) is 4.74 Å². The van der Waals surface area contributed by atoms with E-state index in [9.17, 15) is 19.2 Å². The number of carbonyl (C=O) groups excluding carboxylic acids is 2. The largest absolute Gasteiger partial charge is 0.451 e. The molecule has 0 unspecified atom stereocenters. The summed E-state index contributed by atoms with van der Waals surface area (Å²) < 4.78 is 6.76. The predicted octanol–water partition coefficient (Wildman–Crippen LogP) is 0.869. The number of esters is 1. The summed E-state index contributed by atoms with van der Waals surface area (Å²) in [6.45, 7) is 1.00. The number of halogens is 1. The summed E-state index contributed by atoms with van der Waals surface area (Å²) >= 11 is 3.28. The van der Waals surface area contributed by atoms with Gasteiger partial charge in [-0.1, -0.05) is 22.0 Å². The van der Waals surface area contributed by atoms with Gasteiger partial charge in [0.25, 0.3) is 11.5 Å². The zero-order valence-corrected chi connectivity index (χ0v) is 14.2. The number of carbonyl (C=O) groups is 2. The highest BCUT2D eigenvalue weighted by atomic mass is 79.9. The summed E-state index contributed by atoms with van der Waals surface area (Å²) in [5.41, 5.74) is -0.744. The Bertz CT molecular complexity index is 874. The molecule has 0 fully saturated rings. The van der Waals surface area contributed by atoms with Gasteiger partial charge in [0, 0.05) is 22.4 Å². The fourth-order valence-electron chi connectivity index (χ4n) is 1.81. The number of aromatic nitrogens is 2. The minimum absolute atomic E-state index is 0.413. The van der Waals surface area contributed by atoms with Crippen molar-refractivity contribution < 1.29 is 14.3 Å². The van der Waals surface area contributed by atoms with Crippen molar-refractivity contribution in [2.45, 2.75) is 19.6 Å². The van der Waals surface area contributed by atoms with Crippen molar-refractivity contribution in [3.8, 4) is 0 Å². The number of hydrogen-bond donors (Lipinski definition) is 2. The van der Waals surface area contributed by atoms with Crippen LogP contribution in [0.5, 0.6) is 0 Å². The van der Waals surface area contributed by atoms with Gasteiger partial charge in [0.05, 0.1) is 0 Å². The van der Waals surface area contributed by atoms with Gasteiger partial charge < -0.3 is 10.1 Å². The predicted molar refractivity (Wildman–Crippen MR) is 89.6 cm³/mol. The number of aromatic amines is 1. The number of hydrogen-bond acceptors (Lipinski definition) is 5. The quantitative estimate of drug-likeness (QED) is 0.729. The molecular weight excluding hydrogens is 382 g/mol. The van der Waals surface area contributed by atoms with Crippen molar-refractivity contribution in [3.63, 3.8) is 0 Å². The van der Waals surface area contributed by atoms with E-state index in [1.54, 1.807) is 24.3 Å². The fraction of sp³-hybridized carbons (Fsp3) is 0.200. The SMILES string of the molecule is C[C@H](OC(=O)Cn1ccc(=O)[nH]c1=O)C(=O)Nc1cccc(Br)c1. The first kappa shape index (κ1) is 17.7. The van der Waals surface area contributed by atoms with Gasteiger partial charge in [-0.25, -0.2) is 4.79 Å². The van der Waals surface area contributed by atoms with Crippen molar-refractivity contribution >= 4 is 33.5 Å². The molecule has 8 nitrogen and oxygen atoms in total. The lowest BCUT2D eigenvalue weighted by Gasteiger charge is -2.14. The highest BCUT2D eigenvalue weighted by Gasteiger charge is 2.18. The van der Waals surface area contributed by atoms with Gasteiger partial charge in [-0.3, -0.25) is 23.9 Å². The molecule has 2 rings (SSSR count). The summed E-state index contributed by atoms with van der Waals surface area (Å²) in [6.07, 6.45) is 0.129. The van der Waals surface area contributed by atoms with E-state index in [0.29, 0.717) is 5.69 Å². The standard InChI is InChI=1S/C15H14BrN3O5/c1-9(14(22)17-11-4-2-3-10(16)7-11)24-13(21)8-19-6-5-12(20)18-15(19)23/h2-7,9H,8H2,1H3,(H,17,22)(H,18,20,23)/t9-/m0/s1. The van der Waals surface area contributed by atoms with Crippen molar-refractivity contribution in [1.29, 1.82) is 0 Å². The molecule has 0 aliphatic rings. The Labute approximate surface area is 144 Å². The second-order valence-corrected chi connectivity index (χ2v) is 5.79. The Hall–Kier alpha value is -2.68. The van der Waals surface area contributed by atoms with Gasteiger partial charge in [-0.2, -0.15) is 0 Å². The number of nitrogens with zero attached hydrogens (tertiary/aromatic N) is 1. The van der Waals surface area contributed by atoms with Gasteiger partial charge in [0.15, 0.2) is 6.10 Å². The first-order chi connectivity index (χ1) is 11.3. The van der Waals surface area contributed by atoms with Gasteiger partial charge in [0.1, 0.15) is 6.54 Å². The van der Waals surface area contributed by atoms with Crippen LogP contribution < -0.4 is 16.6 Å². The van der Waals surface area contributed by atoms with Crippen molar-refractivity contribution in [2.24, 2.45) is 0 Å². The number of anilines is 1. The molecule has 0 spiro atoms. The smallest absolute Gasteiger partial charge is 0.328 e. The van der Waals surface area contributed by atoms with Gasteiger partial charge in [0.2, 0.25) is 0 Å². The highest BCUT2D eigenvalue weighted by molar-refractivity contribution is 9.10. The molecule has 1 heterocycles. The first-order valence-corrected chi connectivity index (χ1v) is 7.70. The molecular formula is C15H14BrN3O5. The molecule has 1 atom stereocenters. The maximum Gasteiger partial charge on any atom is 0.328 e. The van der Waals surface area contributed by atoms with E-state index in [2.05, 4.69) is 21.2 Å². The molecule has 0 saturated carbocycles. The molecule has 1 amide bonds. The van der Waals surface area contributed by atoms with E-state index in [1.165, 1.54) is 13.1 Å². The molecule has 2 N–H and O–H groups in total. The maximum absolute atomic E-state index is 12.0. The van der Waals surface area contributed by atoms with Gasteiger partial charge >= 0.3 is 11.7 Å². The zero-order valence-electron chi connectivity index (χ0n) is 12.6. The Morgan fingerprint density at radius 3 is 2.75 bits per heavy atom. The lowest BCUT2D eigenvalue weighted by Crippen LogP contribution is -2.34. The van der Waals surface area contributed by atoms with Crippen LogP contribution in [0.15, 0.2) is 50.6 Å². The molecule has 0 aliphatic carbocycles. The third-order valence-electron chi connectivity index (χ3n) is 2.97. The summed E-state index contributed by atoms with van der Waals surface area (Å²) in [6, 6.07) is 8.06. The fourth-order valence-corrected chi connectivity index (χ4v) is 2.21. The maximum atomic E-state index is 12.0. The van der Waals surface area contributed by atoms with Crippen LogP contribution in [0.4, 0.5) is 5.69 Å². The number of rotatable bonds is 5. The molecule has 24 heavy (non-hydrogen) atoms. The van der Waals surface area contributed by atoms with E-state index < -0.39 is 35.8 Å². The van der Waals surface area contributed by atoms with Crippen LogP contribution >= 0.6 is 15.9 Å². The van der Waals surface area contributed by atoms with E-state index >= 15 is 0 Å². The molecule has 2 aromatic rings. The molecule has 1 aromatic heterocycles. The molecule has 0 radical (unpaired) electrons. The minimum atomic E-state index is -1.05. The monoisotopic (exact) mass is 395 g/mol. The number of ether oxygens (including phenoxy) is 1. The van der Waals surface area contributed by atoms with Crippen LogP contribution in [0, 0.1) is 0 Å². The van der Waals surface area contributed by atoms with E-state index in [1.807, 2.05) is 4.98 Å². The second kappa shape index (κ2) is 7.73. The topological polar surface area (TPSA) is 110 Å². The van der Waals surface area contributed by atoms with E-state index in [0.717, 1.165) is 15.1 Å². The Kier molecular flexibility index (Phi) is 5.69. The average Bonchev–Trinajstić information content (AvgIpc) is 2.50. The third kappa shape index (κ3) is 4.92. The molecule has 9 heteroatoms. The van der Waals surface area contributed by atoms with E-state index in [-0.39, 0.29) is 0 Å². The lowest BCUT2D eigenvalue weighted by molar-refractivity contribution is -0.153. The second-order valence-electron chi connectivity index (χ2n) is 4.87.